The van der Waals surface area contributed by atoms with Crippen molar-refractivity contribution in [1.82, 2.24) is 15.0 Å². The maximum atomic E-state index is 13.3. The first-order chi connectivity index (χ1) is 21.5. The summed E-state index contributed by atoms with van der Waals surface area (Å²) in [6, 6.07) is 9.61. The van der Waals surface area contributed by atoms with Gasteiger partial charge in [-0.25, -0.2) is 0 Å². The van der Waals surface area contributed by atoms with Crippen LogP contribution in [0.2, 0.25) is 5.02 Å². The first-order valence-electron chi connectivity index (χ1n) is 13.6. The maximum Gasteiger partial charge on any atom is 0.471 e. The van der Waals surface area contributed by atoms with Crippen molar-refractivity contribution >= 4 is 56.7 Å². The number of nitrogens with two attached hydrogens (primary N) is 1. The second kappa shape index (κ2) is 15.8. The Morgan fingerprint density at radius 1 is 1.00 bits per heavy atom. The number of carbonyl (C=O) groups is 1. The van der Waals surface area contributed by atoms with Crippen LogP contribution >= 0.6 is 27.5 Å². The van der Waals surface area contributed by atoms with E-state index >= 15 is 0 Å². The van der Waals surface area contributed by atoms with E-state index in [2.05, 4.69) is 41.5 Å². The van der Waals surface area contributed by atoms with E-state index in [1.807, 2.05) is 0 Å². The van der Waals surface area contributed by atoms with E-state index in [0.29, 0.717) is 27.8 Å². The molecule has 4 N–H and O–H groups in total. The van der Waals surface area contributed by atoms with Crippen molar-refractivity contribution in [2.45, 2.75) is 39.2 Å². The minimum atomic E-state index is -5.13. The Morgan fingerprint density at radius 3 is 2.26 bits per heavy atom. The van der Waals surface area contributed by atoms with Crippen LogP contribution in [-0.2, 0) is 11.3 Å². The number of nitrogens with zero attached hydrogens (tertiary/aromatic N) is 4. The number of amides is 1. The smallest absolute Gasteiger partial charge is 0.471 e. The molecule has 0 spiro atoms. The van der Waals surface area contributed by atoms with Gasteiger partial charge < -0.3 is 30.7 Å². The fourth-order valence-corrected chi connectivity index (χ4v) is 4.16. The number of ether oxygens (including phenoxy) is 2. The van der Waals surface area contributed by atoms with E-state index in [1.54, 1.807) is 32.0 Å². The normalized spacial score (nSPS) is 12.1. The lowest BCUT2D eigenvalue weighted by Crippen LogP contribution is -2.47. The van der Waals surface area contributed by atoms with Crippen molar-refractivity contribution in [3.63, 3.8) is 0 Å². The molecule has 46 heavy (non-hydrogen) atoms. The second-order valence-electron chi connectivity index (χ2n) is 10.6. The van der Waals surface area contributed by atoms with Gasteiger partial charge >= 0.3 is 24.3 Å². The fraction of sp³-hybridized carbons (Fsp3) is 0.429. The largest absolute Gasteiger partial charge is 0.492 e. The number of nitrogens with one attached hydrogen (secondary N) is 2. The molecule has 0 saturated carbocycles. The minimum absolute atomic E-state index is 0.0210. The van der Waals surface area contributed by atoms with Crippen LogP contribution in [-0.4, -0.2) is 64.8 Å². The molecule has 0 atom stereocenters. The summed E-state index contributed by atoms with van der Waals surface area (Å²) in [6.07, 6.45) is -9.02. The molecule has 0 fully saturated rings. The van der Waals surface area contributed by atoms with Crippen LogP contribution in [0.15, 0.2) is 42.5 Å². The molecule has 0 aliphatic carbocycles. The van der Waals surface area contributed by atoms with Gasteiger partial charge in [0.25, 0.3) is 0 Å². The Bertz CT molecular complexity index is 1460. The highest BCUT2D eigenvalue weighted by molar-refractivity contribution is 9.09. The van der Waals surface area contributed by atoms with E-state index in [0.717, 1.165) is 11.8 Å². The van der Waals surface area contributed by atoms with E-state index in [1.165, 1.54) is 24.3 Å². The molecule has 18 heteroatoms. The molecule has 1 amide bonds. The third kappa shape index (κ3) is 11.7. The monoisotopic (exact) mass is 741 g/mol. The van der Waals surface area contributed by atoms with Crippen LogP contribution in [0.3, 0.4) is 0 Å². The van der Waals surface area contributed by atoms with E-state index < -0.39 is 36.3 Å². The first-order valence-corrected chi connectivity index (χ1v) is 15.1. The second-order valence-corrected chi connectivity index (χ2v) is 11.8. The molecule has 0 unspecified atom stereocenters. The van der Waals surface area contributed by atoms with Gasteiger partial charge in [-0.15, -0.1) is 0 Å². The molecule has 0 aliphatic rings. The summed E-state index contributed by atoms with van der Waals surface area (Å²) in [4.78, 5) is 24.7. The van der Waals surface area contributed by atoms with Gasteiger partial charge in [0.15, 0.2) is 6.61 Å². The molecule has 252 valence electrons. The SMILES string of the molecule is CC(C)(CN)CN(C(=O)C(F)(F)F)c1ccc(Nc2nc(NCc3ccc(OCCCBr)c(Cl)c3)nc(OCC(F)(F)F)n2)cc1. The van der Waals surface area contributed by atoms with Crippen molar-refractivity contribution in [2.75, 3.05) is 47.2 Å². The number of rotatable bonds is 15. The van der Waals surface area contributed by atoms with Crippen molar-refractivity contribution < 1.29 is 40.6 Å². The predicted octanol–water partition coefficient (Wildman–Crippen LogP) is 6.87. The standard InChI is InChI=1S/C28H31BrClF6N7O3/c1-26(2,14-37)15-43(22(44)28(34,35)36)19-7-5-18(6-8-19)39-24-40-23(41-25(42-24)46-16-27(31,32)33)38-13-17-4-9-21(20(30)12-17)45-11-3-10-29/h4-9,12H,3,10-11,13-16,37H2,1-2H3,(H2,38,39,40,41,42). The Kier molecular flexibility index (Phi) is 12.7. The Balaban J connectivity index is 1.82. The van der Waals surface area contributed by atoms with Crippen LogP contribution in [0.4, 0.5) is 49.6 Å². The average molecular weight is 743 g/mol. The molecule has 1 heterocycles. The van der Waals surface area contributed by atoms with Gasteiger partial charge in [-0.2, -0.15) is 41.3 Å². The van der Waals surface area contributed by atoms with Crippen LogP contribution in [0.5, 0.6) is 11.8 Å². The Morgan fingerprint density at radius 2 is 1.67 bits per heavy atom. The van der Waals surface area contributed by atoms with Crippen LogP contribution < -0.4 is 30.7 Å². The molecule has 0 aliphatic heterocycles. The Labute approximate surface area is 274 Å². The molecule has 10 nitrogen and oxygen atoms in total. The van der Waals surface area contributed by atoms with E-state index in [-0.39, 0.29) is 42.9 Å². The topological polar surface area (TPSA) is 128 Å². The predicted molar refractivity (Wildman–Crippen MR) is 165 cm³/mol. The quantitative estimate of drug-likeness (QED) is 0.0869. The summed E-state index contributed by atoms with van der Waals surface area (Å²) in [6.45, 7) is 1.86. The van der Waals surface area contributed by atoms with E-state index in [4.69, 9.17) is 26.8 Å². The zero-order valence-corrected chi connectivity index (χ0v) is 26.9. The zero-order chi connectivity index (χ0) is 34.1. The van der Waals surface area contributed by atoms with Gasteiger partial charge in [-0.05, 0) is 60.3 Å². The molecule has 3 aromatic rings. The molecule has 0 radical (unpaired) electrons. The minimum Gasteiger partial charge on any atom is -0.492 e. The van der Waals surface area contributed by atoms with E-state index in [9.17, 15) is 31.1 Å². The number of hydrogen-bond donors (Lipinski definition) is 3. The molecule has 0 saturated heterocycles. The molecule has 2 aromatic carbocycles. The highest BCUT2D eigenvalue weighted by Crippen LogP contribution is 2.30. The summed E-state index contributed by atoms with van der Waals surface area (Å²) < 4.78 is 88.9. The number of hydrogen-bond acceptors (Lipinski definition) is 9. The molecule has 0 bridgehead atoms. The van der Waals surface area contributed by atoms with Gasteiger partial charge in [0.2, 0.25) is 11.9 Å². The summed E-state index contributed by atoms with van der Waals surface area (Å²) in [5.74, 6) is -1.96. The highest BCUT2D eigenvalue weighted by Gasteiger charge is 2.44. The first kappa shape index (κ1) is 36.9. The highest BCUT2D eigenvalue weighted by atomic mass is 79.9. The van der Waals surface area contributed by atoms with Gasteiger partial charge in [0.1, 0.15) is 5.75 Å². The van der Waals surface area contributed by atoms with Crippen molar-refractivity contribution in [3.8, 4) is 11.8 Å². The summed E-state index contributed by atoms with van der Waals surface area (Å²) in [7, 11) is 0. The number of carbonyl (C=O) groups excluding carboxylic acids is 1. The van der Waals surface area contributed by atoms with Crippen LogP contribution in [0.1, 0.15) is 25.8 Å². The third-order valence-electron chi connectivity index (χ3n) is 6.02. The maximum absolute atomic E-state index is 13.3. The lowest BCUT2D eigenvalue weighted by molar-refractivity contribution is -0.170. The van der Waals surface area contributed by atoms with Crippen LogP contribution in [0, 0.1) is 5.41 Å². The van der Waals surface area contributed by atoms with Crippen molar-refractivity contribution in [1.29, 1.82) is 0 Å². The summed E-state index contributed by atoms with van der Waals surface area (Å²) in [5, 5.41) is 6.75. The number of benzene rings is 2. The third-order valence-corrected chi connectivity index (χ3v) is 6.88. The molecule has 3 rings (SSSR count). The van der Waals surface area contributed by atoms with Crippen molar-refractivity contribution in [2.24, 2.45) is 11.1 Å². The van der Waals surface area contributed by atoms with Gasteiger partial charge in [-0.1, -0.05) is 47.4 Å². The number of anilines is 4. The lowest BCUT2D eigenvalue weighted by atomic mass is 9.92. The van der Waals surface area contributed by atoms with Gasteiger partial charge in [0.05, 0.1) is 11.6 Å². The molecular formula is C28H31BrClF6N7O3. The van der Waals surface area contributed by atoms with Gasteiger partial charge in [0, 0.05) is 29.8 Å². The summed E-state index contributed by atoms with van der Waals surface area (Å²) >= 11 is 9.61. The molecular weight excluding hydrogens is 712 g/mol. The van der Waals surface area contributed by atoms with Gasteiger partial charge in [-0.3, -0.25) is 4.79 Å². The molecule has 1 aromatic heterocycles. The number of aromatic nitrogens is 3. The zero-order valence-electron chi connectivity index (χ0n) is 24.6. The average Bonchev–Trinajstić information content (AvgIpc) is 2.98. The fourth-order valence-electron chi connectivity index (χ4n) is 3.67. The number of halogens is 8. The lowest BCUT2D eigenvalue weighted by Gasteiger charge is -2.32. The van der Waals surface area contributed by atoms with Crippen molar-refractivity contribution in [3.05, 3.63) is 53.1 Å². The Hall–Kier alpha value is -3.57. The summed E-state index contributed by atoms with van der Waals surface area (Å²) in [5.41, 5.74) is 5.70. The van der Waals surface area contributed by atoms with Crippen LogP contribution in [0.25, 0.3) is 0 Å². The number of alkyl halides is 7.